The van der Waals surface area contributed by atoms with Gasteiger partial charge in [-0.2, -0.15) is 0 Å². The van der Waals surface area contributed by atoms with Gasteiger partial charge >= 0.3 is 6.03 Å². The summed E-state index contributed by atoms with van der Waals surface area (Å²) in [6.07, 6.45) is 5.91. The van der Waals surface area contributed by atoms with Crippen LogP contribution in [0.3, 0.4) is 0 Å². The van der Waals surface area contributed by atoms with Crippen molar-refractivity contribution in [1.82, 2.24) is 10.6 Å². The van der Waals surface area contributed by atoms with Crippen LogP contribution in [0.25, 0.3) is 0 Å². The molecule has 1 fully saturated rings. The molecule has 1 aliphatic rings. The van der Waals surface area contributed by atoms with Crippen LogP contribution in [0.2, 0.25) is 5.02 Å². The molecule has 2 rings (SSSR count). The minimum Gasteiger partial charge on any atom is -0.338 e. The van der Waals surface area contributed by atoms with Gasteiger partial charge in [-0.1, -0.05) is 36.9 Å². The van der Waals surface area contributed by atoms with Crippen molar-refractivity contribution in [2.75, 3.05) is 11.9 Å². The van der Waals surface area contributed by atoms with Crippen molar-refractivity contribution in [3.63, 3.8) is 0 Å². The van der Waals surface area contributed by atoms with E-state index in [1.165, 1.54) is 19.3 Å². The lowest BCUT2D eigenvalue weighted by atomic mass is 9.96. The Bertz CT molecular complexity index is 557. The maximum Gasteiger partial charge on any atom is 0.315 e. The van der Waals surface area contributed by atoms with Crippen LogP contribution in [0.15, 0.2) is 18.2 Å². The Balaban J connectivity index is 1.68. The highest BCUT2D eigenvalue weighted by Crippen LogP contribution is 2.22. The molecular formula is C17H24ClN3O2. The number of amides is 3. The zero-order valence-electron chi connectivity index (χ0n) is 13.5. The van der Waals surface area contributed by atoms with E-state index in [9.17, 15) is 9.59 Å². The molecule has 23 heavy (non-hydrogen) atoms. The van der Waals surface area contributed by atoms with E-state index in [-0.39, 0.29) is 24.4 Å². The summed E-state index contributed by atoms with van der Waals surface area (Å²) < 4.78 is 0. The Labute approximate surface area is 142 Å². The van der Waals surface area contributed by atoms with Gasteiger partial charge in [0.2, 0.25) is 5.91 Å². The molecule has 0 radical (unpaired) electrons. The highest BCUT2D eigenvalue weighted by molar-refractivity contribution is 6.31. The number of benzene rings is 1. The third-order valence-corrected chi connectivity index (χ3v) is 4.53. The van der Waals surface area contributed by atoms with E-state index >= 15 is 0 Å². The minimum absolute atomic E-state index is 0.145. The van der Waals surface area contributed by atoms with Gasteiger partial charge in [0.15, 0.2) is 0 Å². The number of halogens is 1. The van der Waals surface area contributed by atoms with Crippen LogP contribution >= 0.6 is 11.6 Å². The minimum atomic E-state index is -0.191. The number of urea groups is 1. The van der Waals surface area contributed by atoms with Crippen molar-refractivity contribution in [3.8, 4) is 0 Å². The molecule has 0 aromatic heterocycles. The Morgan fingerprint density at radius 1 is 1.22 bits per heavy atom. The first kappa shape index (κ1) is 17.6. The third-order valence-electron chi connectivity index (χ3n) is 4.12. The van der Waals surface area contributed by atoms with Crippen LogP contribution in [0.1, 0.15) is 44.1 Å². The summed E-state index contributed by atoms with van der Waals surface area (Å²) in [6.45, 7) is 2.16. The number of hydrogen-bond acceptors (Lipinski definition) is 2. The second-order valence-corrected chi connectivity index (χ2v) is 6.35. The summed E-state index contributed by atoms with van der Waals surface area (Å²) in [6, 6.07) is 5.46. The van der Waals surface area contributed by atoms with Crippen LogP contribution in [-0.4, -0.2) is 24.5 Å². The molecule has 0 spiro atoms. The van der Waals surface area contributed by atoms with Crippen molar-refractivity contribution in [1.29, 1.82) is 0 Å². The summed E-state index contributed by atoms with van der Waals surface area (Å²) in [4.78, 5) is 23.7. The van der Waals surface area contributed by atoms with Gasteiger partial charge in [-0.05, 0) is 37.5 Å². The van der Waals surface area contributed by atoms with E-state index in [1.807, 2.05) is 13.0 Å². The zero-order valence-corrected chi connectivity index (χ0v) is 14.2. The van der Waals surface area contributed by atoms with Gasteiger partial charge in [0.05, 0.1) is 0 Å². The third kappa shape index (κ3) is 5.75. The van der Waals surface area contributed by atoms with Gasteiger partial charge in [0.1, 0.15) is 0 Å². The second-order valence-electron chi connectivity index (χ2n) is 5.95. The summed E-state index contributed by atoms with van der Waals surface area (Å²) in [5, 5.41) is 9.12. The molecule has 1 aromatic rings. The Kier molecular flexibility index (Phi) is 6.71. The smallest absolute Gasteiger partial charge is 0.315 e. The van der Waals surface area contributed by atoms with Crippen molar-refractivity contribution >= 4 is 29.2 Å². The SMILES string of the molecule is Cc1c(Cl)cccc1NC(=O)CCNC(=O)NC1CCCCC1. The predicted molar refractivity (Wildman–Crippen MR) is 92.8 cm³/mol. The summed E-state index contributed by atoms with van der Waals surface area (Å²) >= 11 is 6.02. The van der Waals surface area contributed by atoms with E-state index in [4.69, 9.17) is 11.6 Å². The van der Waals surface area contributed by atoms with Crippen LogP contribution in [-0.2, 0) is 4.79 Å². The lowest BCUT2D eigenvalue weighted by Gasteiger charge is -2.22. The fraction of sp³-hybridized carbons (Fsp3) is 0.529. The predicted octanol–water partition coefficient (Wildman–Crippen LogP) is 3.61. The van der Waals surface area contributed by atoms with Crippen LogP contribution in [0, 0.1) is 6.92 Å². The van der Waals surface area contributed by atoms with Crippen LogP contribution in [0.4, 0.5) is 10.5 Å². The fourth-order valence-corrected chi connectivity index (χ4v) is 2.90. The standard InChI is InChI=1S/C17H24ClN3O2/c1-12-14(18)8-5-9-15(12)21-16(22)10-11-19-17(23)20-13-6-3-2-4-7-13/h5,8-9,13H,2-4,6-7,10-11H2,1H3,(H,21,22)(H2,19,20,23). The Morgan fingerprint density at radius 2 is 1.96 bits per heavy atom. The lowest BCUT2D eigenvalue weighted by molar-refractivity contribution is -0.116. The maximum absolute atomic E-state index is 11.9. The normalized spacial score (nSPS) is 15.0. The first-order valence-corrected chi connectivity index (χ1v) is 8.53. The Hall–Kier alpha value is -1.75. The van der Waals surface area contributed by atoms with E-state index < -0.39 is 0 Å². The van der Waals surface area contributed by atoms with E-state index in [2.05, 4.69) is 16.0 Å². The van der Waals surface area contributed by atoms with E-state index in [0.717, 1.165) is 18.4 Å². The molecule has 3 amide bonds. The second kappa shape index (κ2) is 8.77. The number of rotatable bonds is 5. The molecule has 3 N–H and O–H groups in total. The van der Waals surface area contributed by atoms with Crippen molar-refractivity contribution in [3.05, 3.63) is 28.8 Å². The Morgan fingerprint density at radius 3 is 2.70 bits per heavy atom. The molecular weight excluding hydrogens is 314 g/mol. The van der Waals surface area contributed by atoms with Crippen LogP contribution in [0.5, 0.6) is 0 Å². The molecule has 0 unspecified atom stereocenters. The van der Waals surface area contributed by atoms with Gasteiger partial charge in [-0.3, -0.25) is 4.79 Å². The summed E-state index contributed by atoms with van der Waals surface area (Å²) in [5.74, 6) is -0.145. The van der Waals surface area contributed by atoms with Gasteiger partial charge in [0, 0.05) is 29.7 Å². The topological polar surface area (TPSA) is 70.2 Å². The maximum atomic E-state index is 11.9. The lowest BCUT2D eigenvalue weighted by Crippen LogP contribution is -2.43. The summed E-state index contributed by atoms with van der Waals surface area (Å²) in [7, 11) is 0. The van der Waals surface area contributed by atoms with Crippen molar-refractivity contribution < 1.29 is 9.59 Å². The first-order valence-electron chi connectivity index (χ1n) is 8.15. The average molecular weight is 338 g/mol. The molecule has 0 bridgehead atoms. The van der Waals surface area contributed by atoms with Gasteiger partial charge in [-0.25, -0.2) is 4.79 Å². The highest BCUT2D eigenvalue weighted by atomic mass is 35.5. The number of hydrogen-bond donors (Lipinski definition) is 3. The van der Waals surface area contributed by atoms with Gasteiger partial charge < -0.3 is 16.0 Å². The van der Waals surface area contributed by atoms with Crippen molar-refractivity contribution in [2.24, 2.45) is 0 Å². The summed E-state index contributed by atoms with van der Waals surface area (Å²) in [5.41, 5.74) is 1.54. The number of carbonyl (C=O) groups is 2. The molecule has 0 aliphatic heterocycles. The van der Waals surface area contributed by atoms with E-state index in [0.29, 0.717) is 17.3 Å². The highest BCUT2D eigenvalue weighted by Gasteiger charge is 2.15. The molecule has 126 valence electrons. The number of anilines is 1. The van der Waals surface area contributed by atoms with E-state index in [1.54, 1.807) is 12.1 Å². The number of nitrogens with one attached hydrogen (secondary N) is 3. The first-order chi connectivity index (χ1) is 11.1. The molecule has 0 heterocycles. The zero-order chi connectivity index (χ0) is 16.7. The van der Waals surface area contributed by atoms with Crippen LogP contribution < -0.4 is 16.0 Å². The quantitative estimate of drug-likeness (QED) is 0.768. The van der Waals surface area contributed by atoms with Gasteiger partial charge in [-0.15, -0.1) is 0 Å². The number of carbonyl (C=O) groups excluding carboxylic acids is 2. The average Bonchev–Trinajstić information content (AvgIpc) is 2.53. The molecule has 1 saturated carbocycles. The van der Waals surface area contributed by atoms with Gasteiger partial charge in [0.25, 0.3) is 0 Å². The molecule has 6 heteroatoms. The molecule has 1 aromatic carbocycles. The molecule has 0 saturated heterocycles. The molecule has 0 atom stereocenters. The monoisotopic (exact) mass is 337 g/mol. The fourth-order valence-electron chi connectivity index (χ4n) is 2.73. The molecule has 1 aliphatic carbocycles. The molecule has 5 nitrogen and oxygen atoms in total. The van der Waals surface area contributed by atoms with Crippen molar-refractivity contribution in [2.45, 2.75) is 51.5 Å². The largest absolute Gasteiger partial charge is 0.338 e.